The Bertz CT molecular complexity index is 1440. The first kappa shape index (κ1) is 23.5. The molecule has 7 heterocycles. The number of alkyl halides is 1. The maximum absolute atomic E-state index is 9.60. The highest BCUT2D eigenvalue weighted by molar-refractivity contribution is 6.18. The van der Waals surface area contributed by atoms with Crippen molar-refractivity contribution in [3.05, 3.63) is 66.2 Å². The molecule has 10 heteroatoms. The summed E-state index contributed by atoms with van der Waals surface area (Å²) in [4.78, 5) is 14.1. The van der Waals surface area contributed by atoms with Crippen molar-refractivity contribution in [1.29, 1.82) is 5.26 Å². The number of hydrogen-bond acceptors (Lipinski definition) is 8. The highest BCUT2D eigenvalue weighted by atomic mass is 35.5. The third-order valence-corrected chi connectivity index (χ3v) is 7.31. The Morgan fingerprint density at radius 1 is 1.11 bits per heavy atom. The van der Waals surface area contributed by atoms with Crippen molar-refractivity contribution in [1.82, 2.24) is 24.5 Å². The summed E-state index contributed by atoms with van der Waals surface area (Å²) in [7, 11) is 1.63. The monoisotopic (exact) mass is 515 g/mol. The predicted octanol–water partition coefficient (Wildman–Crippen LogP) is 3.75. The number of rotatable bonds is 8. The van der Waals surface area contributed by atoms with Gasteiger partial charge in [-0.05, 0) is 30.2 Å². The maximum atomic E-state index is 9.60. The average Bonchev–Trinajstić information content (AvgIpc) is 3.38. The lowest BCUT2D eigenvalue weighted by atomic mass is 9.87. The van der Waals surface area contributed by atoms with Gasteiger partial charge in [-0.15, -0.1) is 11.6 Å². The average molecular weight is 516 g/mol. The molecule has 0 spiro atoms. The van der Waals surface area contributed by atoms with Crippen LogP contribution in [-0.2, 0) is 6.54 Å². The van der Waals surface area contributed by atoms with Gasteiger partial charge in [0.2, 0.25) is 5.88 Å². The van der Waals surface area contributed by atoms with E-state index in [1.807, 2.05) is 24.5 Å². The standard InChI is InChI=1S/C27H26ClN7O2/c1-36-26-5-2-18(11-31-26)14-34-21-8-22(34)16-33(15-21)25-4-3-19(12-30-25)24-9-23(37-7-6-28)17-35-27(24)20(10-29)13-32-35/h2-5,9,11-13,17,21-22H,6-8,14-16H2,1H3. The summed E-state index contributed by atoms with van der Waals surface area (Å²) < 4.78 is 12.6. The molecule has 2 unspecified atom stereocenters. The molecule has 7 rings (SSSR count). The molecule has 3 fully saturated rings. The van der Waals surface area contributed by atoms with Crippen molar-refractivity contribution in [3.63, 3.8) is 0 Å². The van der Waals surface area contributed by atoms with Crippen LogP contribution in [0.1, 0.15) is 17.5 Å². The van der Waals surface area contributed by atoms with Gasteiger partial charge in [0.1, 0.15) is 24.2 Å². The van der Waals surface area contributed by atoms with Crippen LogP contribution in [0, 0.1) is 11.3 Å². The molecule has 0 N–H and O–H groups in total. The smallest absolute Gasteiger partial charge is 0.212 e. The van der Waals surface area contributed by atoms with E-state index in [2.05, 4.69) is 44.2 Å². The maximum Gasteiger partial charge on any atom is 0.212 e. The third kappa shape index (κ3) is 4.43. The number of methoxy groups -OCH3 is 1. The molecule has 3 aliphatic rings. The molecule has 9 nitrogen and oxygen atoms in total. The molecule has 0 amide bonds. The van der Waals surface area contributed by atoms with Crippen molar-refractivity contribution in [2.24, 2.45) is 0 Å². The van der Waals surface area contributed by atoms with Crippen molar-refractivity contribution >= 4 is 22.9 Å². The first-order valence-electron chi connectivity index (χ1n) is 12.2. The molecule has 4 aromatic heterocycles. The Balaban J connectivity index is 1.19. The van der Waals surface area contributed by atoms with E-state index in [-0.39, 0.29) is 0 Å². The van der Waals surface area contributed by atoms with Gasteiger partial charge in [-0.3, -0.25) is 4.90 Å². The minimum Gasteiger partial charge on any atom is -0.491 e. The molecule has 0 aliphatic carbocycles. The summed E-state index contributed by atoms with van der Waals surface area (Å²) in [6.07, 6.45) is 8.31. The second kappa shape index (κ2) is 9.88. The summed E-state index contributed by atoms with van der Waals surface area (Å²) in [6, 6.07) is 13.3. The van der Waals surface area contributed by atoms with Crippen LogP contribution in [0.2, 0.25) is 0 Å². The Morgan fingerprint density at radius 3 is 2.65 bits per heavy atom. The van der Waals surface area contributed by atoms with Crippen LogP contribution in [-0.4, -0.2) is 69.3 Å². The molecule has 0 saturated carbocycles. The quantitative estimate of drug-likeness (QED) is 0.328. The molecule has 188 valence electrons. The van der Waals surface area contributed by atoms with Crippen LogP contribution < -0.4 is 14.4 Å². The SMILES string of the molecule is COc1ccc(CN2C3CC2CN(c2ccc(-c4cc(OCCCl)cn5ncc(C#N)c45)cn2)C3)cn1. The summed E-state index contributed by atoms with van der Waals surface area (Å²) in [5.41, 5.74) is 4.19. The summed E-state index contributed by atoms with van der Waals surface area (Å²) >= 11 is 5.80. The number of fused-ring (bicyclic) bond motifs is 3. The van der Waals surface area contributed by atoms with Crippen LogP contribution in [0.25, 0.3) is 16.6 Å². The number of anilines is 1. The van der Waals surface area contributed by atoms with Crippen molar-refractivity contribution in [2.45, 2.75) is 25.0 Å². The van der Waals surface area contributed by atoms with Crippen LogP contribution in [0.5, 0.6) is 11.6 Å². The largest absolute Gasteiger partial charge is 0.491 e. The zero-order valence-electron chi connectivity index (χ0n) is 20.4. The van der Waals surface area contributed by atoms with E-state index in [0.717, 1.165) is 42.1 Å². The highest BCUT2D eigenvalue weighted by Gasteiger charge is 2.44. The Hall–Kier alpha value is -3.87. The molecular formula is C27H26ClN7O2. The number of pyridine rings is 3. The predicted molar refractivity (Wildman–Crippen MR) is 140 cm³/mol. The fourth-order valence-corrected chi connectivity index (χ4v) is 5.41. The third-order valence-electron chi connectivity index (χ3n) is 7.15. The zero-order valence-corrected chi connectivity index (χ0v) is 21.2. The van der Waals surface area contributed by atoms with Gasteiger partial charge in [0.25, 0.3) is 0 Å². The Kier molecular flexibility index (Phi) is 6.28. The Labute approximate surface area is 219 Å². The highest BCUT2D eigenvalue weighted by Crippen LogP contribution is 2.36. The van der Waals surface area contributed by atoms with Gasteiger partial charge in [-0.1, -0.05) is 6.07 Å². The van der Waals surface area contributed by atoms with E-state index in [9.17, 15) is 5.26 Å². The van der Waals surface area contributed by atoms with E-state index in [1.54, 1.807) is 24.0 Å². The molecule has 37 heavy (non-hydrogen) atoms. The van der Waals surface area contributed by atoms with Gasteiger partial charge < -0.3 is 14.4 Å². The second-order valence-electron chi connectivity index (χ2n) is 9.32. The number of aromatic nitrogens is 4. The molecule has 2 bridgehead atoms. The van der Waals surface area contributed by atoms with E-state index >= 15 is 0 Å². The summed E-state index contributed by atoms with van der Waals surface area (Å²) in [5.74, 6) is 2.63. The van der Waals surface area contributed by atoms with Gasteiger partial charge in [0, 0.05) is 61.3 Å². The minimum absolute atomic E-state index is 0.387. The van der Waals surface area contributed by atoms with Crippen molar-refractivity contribution in [2.75, 3.05) is 37.6 Å². The van der Waals surface area contributed by atoms with Crippen LogP contribution >= 0.6 is 11.6 Å². The molecule has 0 aromatic carbocycles. The van der Waals surface area contributed by atoms with Gasteiger partial charge >= 0.3 is 0 Å². The molecule has 3 saturated heterocycles. The fourth-order valence-electron chi connectivity index (χ4n) is 5.34. The van der Waals surface area contributed by atoms with Crippen LogP contribution in [0.3, 0.4) is 0 Å². The number of piperidine rings is 1. The molecular weight excluding hydrogens is 490 g/mol. The molecule has 0 radical (unpaired) electrons. The van der Waals surface area contributed by atoms with E-state index in [1.165, 1.54) is 12.0 Å². The number of hydrogen-bond donors (Lipinski definition) is 0. The van der Waals surface area contributed by atoms with Crippen molar-refractivity contribution in [3.8, 4) is 28.8 Å². The van der Waals surface area contributed by atoms with E-state index in [0.29, 0.717) is 41.8 Å². The first-order chi connectivity index (χ1) is 18.2. The topological polar surface area (TPSA) is 91.8 Å². The molecule has 4 aromatic rings. The lowest BCUT2D eigenvalue weighted by Gasteiger charge is -2.56. The number of halogens is 1. The Morgan fingerprint density at radius 2 is 1.97 bits per heavy atom. The van der Waals surface area contributed by atoms with Gasteiger partial charge in [0.05, 0.1) is 36.5 Å². The summed E-state index contributed by atoms with van der Waals surface area (Å²) in [5, 5.41) is 13.9. The lowest BCUT2D eigenvalue weighted by molar-refractivity contribution is -0.00876. The number of nitriles is 1. The zero-order chi connectivity index (χ0) is 25.4. The molecule has 2 atom stereocenters. The fraction of sp³-hybridized carbons (Fsp3) is 0.333. The molecule has 3 aliphatic heterocycles. The summed E-state index contributed by atoms with van der Waals surface area (Å²) in [6.45, 7) is 3.18. The van der Waals surface area contributed by atoms with E-state index in [4.69, 9.17) is 26.1 Å². The first-order valence-corrected chi connectivity index (χ1v) is 12.8. The lowest BCUT2D eigenvalue weighted by Crippen LogP contribution is -2.68. The van der Waals surface area contributed by atoms with Crippen molar-refractivity contribution < 1.29 is 9.47 Å². The number of nitrogens with zero attached hydrogens (tertiary/aromatic N) is 7. The van der Waals surface area contributed by atoms with Gasteiger partial charge in [0.15, 0.2) is 0 Å². The second-order valence-corrected chi connectivity index (χ2v) is 9.70. The van der Waals surface area contributed by atoms with E-state index < -0.39 is 0 Å². The number of ether oxygens (including phenoxy) is 2. The van der Waals surface area contributed by atoms with Gasteiger partial charge in [-0.25, -0.2) is 14.5 Å². The minimum atomic E-state index is 0.387. The normalized spacial score (nSPS) is 18.9. The van der Waals surface area contributed by atoms with Crippen LogP contribution in [0.4, 0.5) is 5.82 Å². The number of piperazine rings is 1. The van der Waals surface area contributed by atoms with Gasteiger partial charge in [-0.2, -0.15) is 10.4 Å². The van der Waals surface area contributed by atoms with Crippen LogP contribution in [0.15, 0.2) is 55.1 Å².